The zero-order valence-corrected chi connectivity index (χ0v) is 12.2. The number of hydrogen-bond acceptors (Lipinski definition) is 4. The van der Waals surface area contributed by atoms with Crippen LogP contribution in [-0.4, -0.2) is 44.1 Å². The maximum Gasteiger partial charge on any atom is 0.122 e. The summed E-state index contributed by atoms with van der Waals surface area (Å²) in [6.45, 7) is 5.58. The third kappa shape index (κ3) is 5.12. The largest absolute Gasteiger partial charge is 0.491 e. The van der Waals surface area contributed by atoms with Gasteiger partial charge in [0.25, 0.3) is 0 Å². The van der Waals surface area contributed by atoms with Crippen molar-refractivity contribution < 1.29 is 14.6 Å². The maximum absolute atomic E-state index is 9.92. The van der Waals surface area contributed by atoms with E-state index in [0.29, 0.717) is 19.1 Å². The first-order chi connectivity index (χ1) is 9.75. The summed E-state index contributed by atoms with van der Waals surface area (Å²) in [5.41, 5.74) is 1.09. The molecule has 1 heterocycles. The molecule has 0 amide bonds. The zero-order chi connectivity index (χ0) is 14.2. The van der Waals surface area contributed by atoms with Gasteiger partial charge in [-0.15, -0.1) is 0 Å². The summed E-state index contributed by atoms with van der Waals surface area (Å²) in [5.74, 6) is 1.52. The molecule has 0 saturated carbocycles. The van der Waals surface area contributed by atoms with Crippen LogP contribution in [0.3, 0.4) is 0 Å². The molecule has 1 atom stereocenters. The molecule has 1 fully saturated rings. The van der Waals surface area contributed by atoms with Crippen LogP contribution in [0.25, 0.3) is 0 Å². The molecule has 20 heavy (non-hydrogen) atoms. The summed E-state index contributed by atoms with van der Waals surface area (Å²) < 4.78 is 11.0. The molecule has 0 aliphatic carbocycles. The number of hydrogen-bond donors (Lipinski definition) is 2. The predicted molar refractivity (Wildman–Crippen MR) is 79.1 cm³/mol. The quantitative estimate of drug-likeness (QED) is 0.798. The van der Waals surface area contributed by atoms with Crippen LogP contribution in [0.1, 0.15) is 18.4 Å². The van der Waals surface area contributed by atoms with Gasteiger partial charge in [-0.05, 0) is 43.9 Å². The molecule has 1 aliphatic rings. The van der Waals surface area contributed by atoms with E-state index in [2.05, 4.69) is 5.32 Å². The summed E-state index contributed by atoms with van der Waals surface area (Å²) in [6.07, 6.45) is 1.75. The summed E-state index contributed by atoms with van der Waals surface area (Å²) in [4.78, 5) is 0. The lowest BCUT2D eigenvalue weighted by Gasteiger charge is -2.23. The number of para-hydroxylation sites is 1. The van der Waals surface area contributed by atoms with Gasteiger partial charge in [0.05, 0.1) is 0 Å². The van der Waals surface area contributed by atoms with Crippen LogP contribution >= 0.6 is 0 Å². The van der Waals surface area contributed by atoms with Crippen LogP contribution in [-0.2, 0) is 4.74 Å². The number of rotatable bonds is 7. The fraction of sp³-hybridized carbons (Fsp3) is 0.625. The van der Waals surface area contributed by atoms with Gasteiger partial charge in [-0.25, -0.2) is 0 Å². The standard InChI is InChI=1S/C16H25NO3/c1-13-4-2-3-5-16(13)20-12-15(18)11-17-10-14-6-8-19-9-7-14/h2-5,14-15,17-18H,6-12H2,1H3. The smallest absolute Gasteiger partial charge is 0.122 e. The van der Waals surface area contributed by atoms with Crippen molar-refractivity contribution in [2.45, 2.75) is 25.9 Å². The van der Waals surface area contributed by atoms with E-state index in [9.17, 15) is 5.11 Å². The van der Waals surface area contributed by atoms with E-state index in [1.165, 1.54) is 0 Å². The number of aryl methyl sites for hydroxylation is 1. The van der Waals surface area contributed by atoms with Gasteiger partial charge in [0, 0.05) is 19.8 Å². The molecule has 1 aromatic rings. The predicted octanol–water partition coefficient (Wildman–Crippen LogP) is 1.75. The molecule has 0 bridgehead atoms. The van der Waals surface area contributed by atoms with Crippen molar-refractivity contribution in [1.29, 1.82) is 0 Å². The highest BCUT2D eigenvalue weighted by molar-refractivity contribution is 5.31. The average molecular weight is 279 g/mol. The van der Waals surface area contributed by atoms with E-state index in [0.717, 1.165) is 43.9 Å². The van der Waals surface area contributed by atoms with Crippen LogP contribution in [0.4, 0.5) is 0 Å². The Balaban J connectivity index is 1.60. The molecule has 0 spiro atoms. The molecule has 1 saturated heterocycles. The molecule has 1 aliphatic heterocycles. The normalized spacial score (nSPS) is 17.9. The molecule has 1 unspecified atom stereocenters. The topological polar surface area (TPSA) is 50.7 Å². The van der Waals surface area contributed by atoms with Gasteiger partial charge in [0.2, 0.25) is 0 Å². The van der Waals surface area contributed by atoms with Crippen LogP contribution in [0.15, 0.2) is 24.3 Å². The lowest BCUT2D eigenvalue weighted by atomic mass is 10.0. The third-order valence-corrected chi connectivity index (χ3v) is 3.68. The first-order valence-corrected chi connectivity index (χ1v) is 7.40. The SMILES string of the molecule is Cc1ccccc1OCC(O)CNCC1CCOCC1. The lowest BCUT2D eigenvalue weighted by molar-refractivity contribution is 0.0630. The Kier molecular flexibility index (Phi) is 6.30. The Morgan fingerprint density at radius 2 is 2.10 bits per heavy atom. The number of ether oxygens (including phenoxy) is 2. The third-order valence-electron chi connectivity index (χ3n) is 3.68. The Morgan fingerprint density at radius 1 is 1.35 bits per heavy atom. The summed E-state index contributed by atoms with van der Waals surface area (Å²) in [7, 11) is 0. The van der Waals surface area contributed by atoms with Crippen molar-refractivity contribution >= 4 is 0 Å². The van der Waals surface area contributed by atoms with Crippen LogP contribution < -0.4 is 10.1 Å². The lowest BCUT2D eigenvalue weighted by Crippen LogP contribution is -2.35. The number of aliphatic hydroxyl groups excluding tert-OH is 1. The molecule has 2 N–H and O–H groups in total. The molecule has 4 heteroatoms. The first-order valence-electron chi connectivity index (χ1n) is 7.40. The Bertz CT molecular complexity index is 391. The molecular formula is C16H25NO3. The van der Waals surface area contributed by atoms with Gasteiger partial charge in [-0.1, -0.05) is 18.2 Å². The number of benzene rings is 1. The van der Waals surface area contributed by atoms with Crippen molar-refractivity contribution in [3.8, 4) is 5.75 Å². The van der Waals surface area contributed by atoms with Gasteiger partial charge in [-0.3, -0.25) is 0 Å². The minimum Gasteiger partial charge on any atom is -0.491 e. The molecule has 4 nitrogen and oxygen atoms in total. The van der Waals surface area contributed by atoms with Crippen molar-refractivity contribution in [2.75, 3.05) is 32.9 Å². The second-order valence-corrected chi connectivity index (χ2v) is 5.44. The fourth-order valence-electron chi connectivity index (χ4n) is 2.37. The van der Waals surface area contributed by atoms with Gasteiger partial charge < -0.3 is 19.9 Å². The molecule has 0 radical (unpaired) electrons. The van der Waals surface area contributed by atoms with Crippen molar-refractivity contribution in [3.63, 3.8) is 0 Å². The maximum atomic E-state index is 9.92. The van der Waals surface area contributed by atoms with Crippen molar-refractivity contribution in [2.24, 2.45) is 5.92 Å². The van der Waals surface area contributed by atoms with E-state index < -0.39 is 6.10 Å². The summed E-state index contributed by atoms with van der Waals surface area (Å²) >= 11 is 0. The zero-order valence-electron chi connectivity index (χ0n) is 12.2. The highest BCUT2D eigenvalue weighted by Crippen LogP contribution is 2.16. The van der Waals surface area contributed by atoms with E-state index in [-0.39, 0.29) is 0 Å². The van der Waals surface area contributed by atoms with Crippen LogP contribution in [0.2, 0.25) is 0 Å². The summed E-state index contributed by atoms with van der Waals surface area (Å²) in [6, 6.07) is 7.86. The molecule has 0 aromatic heterocycles. The number of nitrogens with one attached hydrogen (secondary N) is 1. The van der Waals surface area contributed by atoms with Gasteiger partial charge in [0.1, 0.15) is 18.5 Å². The van der Waals surface area contributed by atoms with E-state index in [4.69, 9.17) is 9.47 Å². The van der Waals surface area contributed by atoms with Crippen molar-refractivity contribution in [1.82, 2.24) is 5.32 Å². The Hall–Kier alpha value is -1.10. The molecule has 112 valence electrons. The molecule has 1 aromatic carbocycles. The van der Waals surface area contributed by atoms with E-state index in [1.54, 1.807) is 0 Å². The van der Waals surface area contributed by atoms with Gasteiger partial charge >= 0.3 is 0 Å². The Labute approximate surface area is 121 Å². The average Bonchev–Trinajstić information content (AvgIpc) is 2.47. The number of aliphatic hydroxyl groups is 1. The van der Waals surface area contributed by atoms with Crippen LogP contribution in [0.5, 0.6) is 5.75 Å². The highest BCUT2D eigenvalue weighted by atomic mass is 16.5. The van der Waals surface area contributed by atoms with E-state index in [1.807, 2.05) is 31.2 Å². The minimum atomic E-state index is -0.477. The second-order valence-electron chi connectivity index (χ2n) is 5.44. The summed E-state index contributed by atoms with van der Waals surface area (Å²) in [5, 5.41) is 13.2. The minimum absolute atomic E-state index is 0.325. The fourth-order valence-corrected chi connectivity index (χ4v) is 2.37. The second kappa shape index (κ2) is 8.25. The molecular weight excluding hydrogens is 254 g/mol. The van der Waals surface area contributed by atoms with Crippen molar-refractivity contribution in [3.05, 3.63) is 29.8 Å². The monoisotopic (exact) mass is 279 g/mol. The molecule has 2 rings (SSSR count). The first kappa shape index (κ1) is 15.3. The highest BCUT2D eigenvalue weighted by Gasteiger charge is 2.14. The van der Waals surface area contributed by atoms with Gasteiger partial charge in [-0.2, -0.15) is 0 Å². The van der Waals surface area contributed by atoms with E-state index >= 15 is 0 Å². The Morgan fingerprint density at radius 3 is 2.85 bits per heavy atom. The van der Waals surface area contributed by atoms with Crippen LogP contribution in [0, 0.1) is 12.8 Å². The van der Waals surface area contributed by atoms with Gasteiger partial charge in [0.15, 0.2) is 0 Å².